The molecule has 7 heteroatoms. The van der Waals surface area contributed by atoms with Gasteiger partial charge in [-0.15, -0.1) is 0 Å². The molecule has 1 aliphatic rings. The maximum atomic E-state index is 12.8. The molecule has 1 N–H and O–H groups in total. The van der Waals surface area contributed by atoms with Crippen LogP contribution in [0.25, 0.3) is 0 Å². The Labute approximate surface area is 162 Å². The minimum Gasteiger partial charge on any atom is -0.311 e. The lowest BCUT2D eigenvalue weighted by Gasteiger charge is -2.39. The number of nitrogens with one attached hydrogen (secondary N) is 1. The lowest BCUT2D eigenvalue weighted by Crippen LogP contribution is -2.58. The van der Waals surface area contributed by atoms with E-state index in [2.05, 4.69) is 5.32 Å². The fourth-order valence-electron chi connectivity index (χ4n) is 2.89. The second kappa shape index (κ2) is 7.56. The number of nitrogens with zero attached hydrogens (tertiary/aromatic N) is 2. The summed E-state index contributed by atoms with van der Waals surface area (Å²) in [4.78, 5) is 28.5. The highest BCUT2D eigenvalue weighted by atomic mass is 35.5. The quantitative estimate of drug-likeness (QED) is 0.814. The van der Waals surface area contributed by atoms with Crippen LogP contribution in [-0.4, -0.2) is 36.0 Å². The lowest BCUT2D eigenvalue weighted by atomic mass is 10.1. The number of aryl methyl sites for hydroxylation is 1. The van der Waals surface area contributed by atoms with E-state index in [0.29, 0.717) is 34.5 Å². The number of urea groups is 1. The van der Waals surface area contributed by atoms with E-state index in [1.54, 1.807) is 30.0 Å². The van der Waals surface area contributed by atoms with Crippen molar-refractivity contribution in [3.8, 4) is 0 Å². The predicted octanol–water partition coefficient (Wildman–Crippen LogP) is 4.57. The number of hydrogen-bond donors (Lipinski definition) is 1. The summed E-state index contributed by atoms with van der Waals surface area (Å²) in [5, 5.41) is 3.67. The van der Waals surface area contributed by atoms with Gasteiger partial charge in [0.1, 0.15) is 6.04 Å². The monoisotopic (exact) mass is 391 g/mol. The van der Waals surface area contributed by atoms with Gasteiger partial charge < -0.3 is 15.1 Å². The lowest BCUT2D eigenvalue weighted by molar-refractivity contribution is -0.123. The minimum absolute atomic E-state index is 0.159. The van der Waals surface area contributed by atoms with Crippen LogP contribution in [-0.2, 0) is 4.79 Å². The topological polar surface area (TPSA) is 52.7 Å². The zero-order valence-corrected chi connectivity index (χ0v) is 16.0. The highest BCUT2D eigenvalue weighted by Gasteiger charge is 2.35. The first kappa shape index (κ1) is 18.5. The molecule has 0 saturated carbocycles. The summed E-state index contributed by atoms with van der Waals surface area (Å²) in [6, 6.07) is 11.7. The molecule has 1 heterocycles. The Hall–Kier alpha value is -2.24. The van der Waals surface area contributed by atoms with Crippen molar-refractivity contribution in [2.24, 2.45) is 0 Å². The third-order valence-corrected chi connectivity index (χ3v) is 5.17. The van der Waals surface area contributed by atoms with Gasteiger partial charge >= 0.3 is 6.03 Å². The Morgan fingerprint density at radius 3 is 2.42 bits per heavy atom. The number of piperazine rings is 1. The van der Waals surface area contributed by atoms with Crippen LogP contribution in [0.15, 0.2) is 42.5 Å². The second-order valence-corrected chi connectivity index (χ2v) is 7.07. The highest BCUT2D eigenvalue weighted by molar-refractivity contribution is 6.42. The molecule has 5 nitrogen and oxygen atoms in total. The highest BCUT2D eigenvalue weighted by Crippen LogP contribution is 2.29. The molecule has 0 unspecified atom stereocenters. The molecule has 136 valence electrons. The van der Waals surface area contributed by atoms with E-state index in [-0.39, 0.29) is 11.9 Å². The van der Waals surface area contributed by atoms with E-state index < -0.39 is 6.04 Å². The molecule has 0 radical (unpaired) electrons. The first-order chi connectivity index (χ1) is 12.4. The van der Waals surface area contributed by atoms with Crippen LogP contribution in [0.2, 0.25) is 10.0 Å². The van der Waals surface area contributed by atoms with Gasteiger partial charge in [-0.2, -0.15) is 0 Å². The van der Waals surface area contributed by atoms with E-state index in [4.69, 9.17) is 23.2 Å². The SMILES string of the molecule is Cc1ccc(NC(=O)N2CCN(c3ccc(Cl)c(Cl)c3)C(=O)[C@H]2C)cc1. The Morgan fingerprint density at radius 1 is 1.08 bits per heavy atom. The van der Waals surface area contributed by atoms with Crippen LogP contribution >= 0.6 is 23.2 Å². The van der Waals surface area contributed by atoms with Gasteiger partial charge in [-0.05, 0) is 44.2 Å². The van der Waals surface area contributed by atoms with Crippen LogP contribution in [0.5, 0.6) is 0 Å². The summed E-state index contributed by atoms with van der Waals surface area (Å²) in [6.45, 7) is 4.52. The summed E-state index contributed by atoms with van der Waals surface area (Å²) in [5.74, 6) is -0.159. The van der Waals surface area contributed by atoms with Gasteiger partial charge in [0.25, 0.3) is 0 Å². The molecule has 0 bridgehead atoms. The summed E-state index contributed by atoms with van der Waals surface area (Å²) >= 11 is 12.0. The number of carbonyl (C=O) groups excluding carboxylic acids is 2. The fourth-order valence-corrected chi connectivity index (χ4v) is 3.18. The van der Waals surface area contributed by atoms with Gasteiger partial charge in [-0.1, -0.05) is 40.9 Å². The average molecular weight is 392 g/mol. The van der Waals surface area contributed by atoms with Crippen molar-refractivity contribution in [2.45, 2.75) is 19.9 Å². The third-order valence-electron chi connectivity index (χ3n) is 4.43. The zero-order valence-electron chi connectivity index (χ0n) is 14.5. The van der Waals surface area contributed by atoms with Crippen molar-refractivity contribution >= 4 is 46.5 Å². The number of halogens is 2. The normalized spacial score (nSPS) is 17.4. The molecule has 0 aromatic heterocycles. The van der Waals surface area contributed by atoms with Gasteiger partial charge in [0.05, 0.1) is 10.0 Å². The molecule has 3 amide bonds. The van der Waals surface area contributed by atoms with E-state index in [0.717, 1.165) is 5.56 Å². The summed E-state index contributed by atoms with van der Waals surface area (Å²) in [6.07, 6.45) is 0. The molecule has 1 atom stereocenters. The van der Waals surface area contributed by atoms with Crippen molar-refractivity contribution in [3.63, 3.8) is 0 Å². The Kier molecular flexibility index (Phi) is 5.39. The molecular formula is C19H19Cl2N3O2. The number of benzene rings is 2. The Balaban J connectivity index is 1.71. The van der Waals surface area contributed by atoms with Crippen LogP contribution in [0, 0.1) is 6.92 Å². The fraction of sp³-hybridized carbons (Fsp3) is 0.263. The van der Waals surface area contributed by atoms with Crippen molar-refractivity contribution in [1.29, 1.82) is 0 Å². The van der Waals surface area contributed by atoms with Gasteiger partial charge in [-0.3, -0.25) is 4.79 Å². The van der Waals surface area contributed by atoms with Gasteiger partial charge in [0, 0.05) is 24.5 Å². The van der Waals surface area contributed by atoms with Crippen molar-refractivity contribution < 1.29 is 9.59 Å². The number of rotatable bonds is 2. The van der Waals surface area contributed by atoms with Crippen LogP contribution in [0.1, 0.15) is 12.5 Å². The molecule has 0 aliphatic carbocycles. The molecule has 3 rings (SSSR count). The maximum Gasteiger partial charge on any atom is 0.322 e. The number of amides is 3. The van der Waals surface area contributed by atoms with E-state index in [9.17, 15) is 9.59 Å². The molecule has 0 spiro atoms. The molecule has 2 aromatic carbocycles. The summed E-state index contributed by atoms with van der Waals surface area (Å²) in [5.41, 5.74) is 2.49. The summed E-state index contributed by atoms with van der Waals surface area (Å²) < 4.78 is 0. The zero-order chi connectivity index (χ0) is 18.8. The van der Waals surface area contributed by atoms with E-state index in [1.165, 1.54) is 4.90 Å². The van der Waals surface area contributed by atoms with Crippen molar-refractivity contribution in [1.82, 2.24) is 4.90 Å². The second-order valence-electron chi connectivity index (χ2n) is 6.25. The molecule has 26 heavy (non-hydrogen) atoms. The number of anilines is 2. The number of carbonyl (C=O) groups is 2. The van der Waals surface area contributed by atoms with Crippen LogP contribution in [0.3, 0.4) is 0 Å². The maximum absolute atomic E-state index is 12.8. The van der Waals surface area contributed by atoms with Crippen molar-refractivity contribution in [2.75, 3.05) is 23.3 Å². The van der Waals surface area contributed by atoms with E-state index in [1.807, 2.05) is 31.2 Å². The van der Waals surface area contributed by atoms with Gasteiger partial charge in [0.2, 0.25) is 5.91 Å². The largest absolute Gasteiger partial charge is 0.322 e. The molecular weight excluding hydrogens is 373 g/mol. The Bertz CT molecular complexity index is 839. The van der Waals surface area contributed by atoms with Gasteiger partial charge in [0.15, 0.2) is 0 Å². The standard InChI is InChI=1S/C19H19Cl2N3O2/c1-12-3-5-14(6-4-12)22-19(26)23-9-10-24(18(25)13(23)2)15-7-8-16(20)17(21)11-15/h3-8,11,13H,9-10H2,1-2H3,(H,22,26)/t13-/m1/s1. The first-order valence-electron chi connectivity index (χ1n) is 8.27. The summed E-state index contributed by atoms with van der Waals surface area (Å²) in [7, 11) is 0. The van der Waals surface area contributed by atoms with Gasteiger partial charge in [-0.25, -0.2) is 4.79 Å². The minimum atomic E-state index is -0.580. The van der Waals surface area contributed by atoms with E-state index >= 15 is 0 Å². The van der Waals surface area contributed by atoms with Crippen molar-refractivity contribution in [3.05, 3.63) is 58.1 Å². The smallest absolute Gasteiger partial charge is 0.311 e. The first-order valence-corrected chi connectivity index (χ1v) is 9.03. The molecule has 1 aliphatic heterocycles. The van der Waals surface area contributed by atoms with Crippen LogP contribution in [0.4, 0.5) is 16.2 Å². The molecule has 1 fully saturated rings. The number of hydrogen-bond acceptors (Lipinski definition) is 2. The molecule has 2 aromatic rings. The Morgan fingerprint density at radius 2 is 1.77 bits per heavy atom. The third kappa shape index (κ3) is 3.79. The predicted molar refractivity (Wildman–Crippen MR) is 105 cm³/mol. The molecule has 1 saturated heterocycles. The van der Waals surface area contributed by atoms with Crippen LogP contribution < -0.4 is 10.2 Å². The average Bonchev–Trinajstić information content (AvgIpc) is 2.61.